The third kappa shape index (κ3) is 3.70. The quantitative estimate of drug-likeness (QED) is 0.824. The van der Waals surface area contributed by atoms with Crippen molar-refractivity contribution in [2.75, 3.05) is 6.61 Å². The normalized spacial score (nSPS) is 11.8. The maximum Gasteiger partial charge on any atom is 0.416 e. The van der Waals surface area contributed by atoms with Crippen LogP contribution in [0.25, 0.3) is 0 Å². The Kier molecular flexibility index (Phi) is 3.96. The lowest BCUT2D eigenvalue weighted by Crippen LogP contribution is -2.08. The molecule has 0 aliphatic heterocycles. The molecule has 0 radical (unpaired) electrons. The van der Waals surface area contributed by atoms with Gasteiger partial charge in [-0.3, -0.25) is 0 Å². The predicted molar refractivity (Wildman–Crippen MR) is 50.3 cm³/mol. The lowest BCUT2D eigenvalue weighted by Gasteiger charge is -2.09. The number of hydrogen-bond acceptors (Lipinski definition) is 2. The zero-order valence-corrected chi connectivity index (χ0v) is 8.40. The summed E-state index contributed by atoms with van der Waals surface area (Å²) in [6.45, 7) is 0.150. The molecule has 1 aromatic carbocycles. The van der Waals surface area contributed by atoms with Gasteiger partial charge in [0.2, 0.25) is 0 Å². The van der Waals surface area contributed by atoms with Gasteiger partial charge in [0.1, 0.15) is 0 Å². The highest BCUT2D eigenvalue weighted by molar-refractivity contribution is 6.30. The van der Waals surface area contributed by atoms with Gasteiger partial charge < -0.3 is 4.84 Å². The van der Waals surface area contributed by atoms with E-state index >= 15 is 0 Å². The number of benzene rings is 1. The minimum absolute atomic E-state index is 0.0526. The van der Waals surface area contributed by atoms with Gasteiger partial charge >= 0.3 is 6.18 Å². The Morgan fingerprint density at radius 3 is 2.47 bits per heavy atom. The first-order valence-corrected chi connectivity index (χ1v) is 4.49. The van der Waals surface area contributed by atoms with Crippen molar-refractivity contribution in [3.63, 3.8) is 0 Å². The summed E-state index contributed by atoms with van der Waals surface area (Å²) in [6.07, 6.45) is -4.09. The molecular weight excluding hydrogens is 231 g/mol. The molecule has 0 heterocycles. The summed E-state index contributed by atoms with van der Waals surface area (Å²) in [5.74, 6) is 4.78. The van der Waals surface area contributed by atoms with E-state index in [0.29, 0.717) is 12.0 Å². The fourth-order valence-electron chi connectivity index (χ4n) is 1.14. The zero-order chi connectivity index (χ0) is 11.5. The van der Waals surface area contributed by atoms with Crippen LogP contribution in [0.2, 0.25) is 5.02 Å². The number of hydrogen-bond donors (Lipinski definition) is 1. The summed E-state index contributed by atoms with van der Waals surface area (Å²) in [7, 11) is 0. The Labute approximate surface area is 89.7 Å². The van der Waals surface area contributed by atoms with Crippen LogP contribution in [0.1, 0.15) is 11.1 Å². The van der Waals surface area contributed by atoms with Gasteiger partial charge in [-0.1, -0.05) is 11.6 Å². The lowest BCUT2D eigenvalue weighted by atomic mass is 10.1. The molecule has 0 aliphatic carbocycles. The average molecular weight is 240 g/mol. The number of rotatable bonds is 3. The summed E-state index contributed by atoms with van der Waals surface area (Å²) in [6, 6.07) is 3.37. The first kappa shape index (κ1) is 12.3. The minimum atomic E-state index is -4.39. The van der Waals surface area contributed by atoms with Crippen LogP contribution in [-0.4, -0.2) is 6.61 Å². The van der Waals surface area contributed by atoms with Crippen molar-refractivity contribution in [2.45, 2.75) is 12.6 Å². The van der Waals surface area contributed by atoms with Crippen LogP contribution in [0.5, 0.6) is 0 Å². The molecule has 1 aromatic rings. The Balaban J connectivity index is 2.95. The van der Waals surface area contributed by atoms with Crippen LogP contribution in [-0.2, 0) is 17.4 Å². The van der Waals surface area contributed by atoms with E-state index in [1.807, 2.05) is 0 Å². The van der Waals surface area contributed by atoms with E-state index in [1.54, 1.807) is 0 Å². The van der Waals surface area contributed by atoms with Crippen LogP contribution in [0.3, 0.4) is 0 Å². The van der Waals surface area contributed by atoms with Gasteiger partial charge in [0.15, 0.2) is 0 Å². The molecule has 6 heteroatoms. The largest absolute Gasteiger partial charge is 0.416 e. The third-order valence-corrected chi connectivity index (χ3v) is 2.01. The second-order valence-electron chi connectivity index (χ2n) is 2.97. The highest BCUT2D eigenvalue weighted by Crippen LogP contribution is 2.31. The van der Waals surface area contributed by atoms with E-state index in [1.165, 1.54) is 6.07 Å². The Bertz CT molecular complexity index is 341. The molecular formula is C9H9ClF3NO. The van der Waals surface area contributed by atoms with Crippen molar-refractivity contribution in [1.29, 1.82) is 0 Å². The molecule has 0 amide bonds. The molecule has 0 aliphatic rings. The van der Waals surface area contributed by atoms with Crippen LogP contribution >= 0.6 is 11.6 Å². The van der Waals surface area contributed by atoms with Crippen molar-refractivity contribution in [3.05, 3.63) is 34.3 Å². The van der Waals surface area contributed by atoms with Crippen molar-refractivity contribution in [3.8, 4) is 0 Å². The molecule has 0 bridgehead atoms. The number of halogens is 4. The van der Waals surface area contributed by atoms with E-state index in [-0.39, 0.29) is 11.6 Å². The maximum absolute atomic E-state index is 12.4. The molecule has 1 rings (SSSR count). The van der Waals surface area contributed by atoms with Crippen molar-refractivity contribution >= 4 is 11.6 Å². The van der Waals surface area contributed by atoms with E-state index in [9.17, 15) is 13.2 Å². The third-order valence-electron chi connectivity index (χ3n) is 1.79. The molecule has 84 valence electrons. The first-order valence-electron chi connectivity index (χ1n) is 4.12. The fraction of sp³-hybridized carbons (Fsp3) is 0.333. The number of nitrogens with two attached hydrogens (primary N) is 1. The standard InChI is InChI=1S/C9H9ClF3NO/c10-8-4-6(1-2-15-14)3-7(5-8)9(11,12)13/h3-5H,1-2,14H2. The first-order chi connectivity index (χ1) is 6.93. The van der Waals surface area contributed by atoms with E-state index < -0.39 is 11.7 Å². The van der Waals surface area contributed by atoms with Crippen molar-refractivity contribution < 1.29 is 18.0 Å². The summed E-state index contributed by atoms with van der Waals surface area (Å²) >= 11 is 5.56. The monoisotopic (exact) mass is 239 g/mol. The molecule has 0 spiro atoms. The van der Waals surface area contributed by atoms with E-state index in [4.69, 9.17) is 17.5 Å². The van der Waals surface area contributed by atoms with Gasteiger partial charge in [-0.25, -0.2) is 5.90 Å². The Hall–Kier alpha value is -0.780. The average Bonchev–Trinajstić information content (AvgIpc) is 2.12. The summed E-state index contributed by atoms with van der Waals surface area (Å²) in [5, 5.41) is 0.0526. The molecule has 0 saturated heterocycles. The maximum atomic E-state index is 12.4. The minimum Gasteiger partial charge on any atom is -0.304 e. The topological polar surface area (TPSA) is 35.2 Å². The molecule has 2 N–H and O–H groups in total. The predicted octanol–water partition coefficient (Wildman–Crippen LogP) is 2.79. The van der Waals surface area contributed by atoms with Gasteiger partial charge in [-0.2, -0.15) is 13.2 Å². The second kappa shape index (κ2) is 4.83. The van der Waals surface area contributed by atoms with Crippen LogP contribution in [0, 0.1) is 0 Å². The van der Waals surface area contributed by atoms with Gasteiger partial charge in [0.25, 0.3) is 0 Å². The van der Waals surface area contributed by atoms with E-state index in [0.717, 1.165) is 12.1 Å². The van der Waals surface area contributed by atoms with Gasteiger partial charge in [0, 0.05) is 5.02 Å². The van der Waals surface area contributed by atoms with Crippen LogP contribution in [0.15, 0.2) is 18.2 Å². The lowest BCUT2D eigenvalue weighted by molar-refractivity contribution is -0.137. The Morgan fingerprint density at radius 1 is 1.27 bits per heavy atom. The summed E-state index contributed by atoms with van der Waals surface area (Å²) in [5.41, 5.74) is -0.317. The second-order valence-corrected chi connectivity index (χ2v) is 3.40. The summed E-state index contributed by atoms with van der Waals surface area (Å²) < 4.78 is 37.1. The molecule has 0 saturated carbocycles. The Morgan fingerprint density at radius 2 is 1.93 bits per heavy atom. The fourth-order valence-corrected chi connectivity index (χ4v) is 1.39. The van der Waals surface area contributed by atoms with Crippen molar-refractivity contribution in [1.82, 2.24) is 0 Å². The van der Waals surface area contributed by atoms with Crippen molar-refractivity contribution in [2.24, 2.45) is 5.90 Å². The highest BCUT2D eigenvalue weighted by atomic mass is 35.5. The van der Waals surface area contributed by atoms with Gasteiger partial charge in [0.05, 0.1) is 12.2 Å². The molecule has 2 nitrogen and oxygen atoms in total. The molecule has 0 fully saturated rings. The zero-order valence-electron chi connectivity index (χ0n) is 7.64. The molecule has 15 heavy (non-hydrogen) atoms. The van der Waals surface area contributed by atoms with Crippen LogP contribution in [0.4, 0.5) is 13.2 Å². The molecule has 0 unspecified atom stereocenters. The SMILES string of the molecule is NOCCc1cc(Cl)cc(C(F)(F)F)c1. The van der Waals surface area contributed by atoms with Gasteiger partial charge in [-0.15, -0.1) is 0 Å². The van der Waals surface area contributed by atoms with Crippen LogP contribution < -0.4 is 5.90 Å². The highest BCUT2D eigenvalue weighted by Gasteiger charge is 2.30. The van der Waals surface area contributed by atoms with E-state index in [2.05, 4.69) is 4.84 Å². The molecule has 0 atom stereocenters. The van der Waals surface area contributed by atoms with Gasteiger partial charge in [-0.05, 0) is 30.2 Å². The number of alkyl halides is 3. The summed E-state index contributed by atoms with van der Waals surface area (Å²) in [4.78, 5) is 4.29. The smallest absolute Gasteiger partial charge is 0.304 e. The molecule has 0 aromatic heterocycles.